The molecule has 0 aliphatic carbocycles. The van der Waals surface area contributed by atoms with Crippen LogP contribution in [0.5, 0.6) is 5.75 Å². The van der Waals surface area contributed by atoms with Crippen molar-refractivity contribution in [3.05, 3.63) is 34.4 Å². The number of hydrogen-bond acceptors (Lipinski definition) is 3. The molecule has 1 saturated heterocycles. The van der Waals surface area contributed by atoms with Crippen molar-refractivity contribution in [2.45, 2.75) is 18.9 Å². The molecule has 0 spiro atoms. The summed E-state index contributed by atoms with van der Waals surface area (Å²) >= 11 is 3.52. The van der Waals surface area contributed by atoms with Gasteiger partial charge in [0.2, 0.25) is 0 Å². The molecule has 1 unspecified atom stereocenters. The number of methoxy groups -OCH3 is 1. The molecule has 5 heteroatoms. The van der Waals surface area contributed by atoms with Gasteiger partial charge in [-0.05, 0) is 43.7 Å². The molecule has 20 heavy (non-hydrogen) atoms. The normalized spacial score (nSPS) is 18.4. The average Bonchev–Trinajstić information content (AvgIpc) is 3.07. The summed E-state index contributed by atoms with van der Waals surface area (Å²) in [5, 5.41) is 8.15. The predicted molar refractivity (Wildman–Crippen MR) is 82.9 cm³/mol. The molecule has 1 aromatic heterocycles. The second-order valence-corrected chi connectivity index (χ2v) is 5.99. The van der Waals surface area contributed by atoms with E-state index in [1.165, 1.54) is 6.42 Å². The molecule has 106 valence electrons. The van der Waals surface area contributed by atoms with E-state index < -0.39 is 0 Å². The smallest absolute Gasteiger partial charge is 0.128 e. The van der Waals surface area contributed by atoms with Crippen molar-refractivity contribution in [3.63, 3.8) is 0 Å². The highest BCUT2D eigenvalue weighted by molar-refractivity contribution is 9.10. The number of benzene rings is 1. The van der Waals surface area contributed by atoms with Crippen LogP contribution < -0.4 is 10.1 Å². The first-order valence-corrected chi connectivity index (χ1v) is 7.59. The molecular formula is C15H18BrN3O. The minimum absolute atomic E-state index is 0.382. The molecule has 1 aromatic carbocycles. The number of nitrogens with zero attached hydrogens (tertiary/aromatic N) is 2. The first-order chi connectivity index (χ1) is 9.69. The maximum absolute atomic E-state index is 5.47. The summed E-state index contributed by atoms with van der Waals surface area (Å²) < 4.78 is 8.43. The molecular weight excluding hydrogens is 318 g/mol. The third-order valence-corrected chi connectivity index (χ3v) is 4.25. The lowest BCUT2D eigenvalue weighted by molar-refractivity contribution is 0.416. The Morgan fingerprint density at radius 1 is 1.40 bits per heavy atom. The summed E-state index contributed by atoms with van der Waals surface area (Å²) in [7, 11) is 3.68. The van der Waals surface area contributed by atoms with Gasteiger partial charge in [-0.25, -0.2) is 0 Å². The van der Waals surface area contributed by atoms with E-state index in [0.717, 1.165) is 40.1 Å². The molecule has 4 nitrogen and oxygen atoms in total. The molecule has 3 rings (SSSR count). The number of halogens is 1. The zero-order valence-corrected chi connectivity index (χ0v) is 13.3. The fraction of sp³-hybridized carbons (Fsp3) is 0.400. The van der Waals surface area contributed by atoms with Crippen LogP contribution in [-0.2, 0) is 7.05 Å². The van der Waals surface area contributed by atoms with Crippen LogP contribution in [0.15, 0.2) is 28.7 Å². The zero-order valence-electron chi connectivity index (χ0n) is 11.7. The second kappa shape index (κ2) is 5.58. The first-order valence-electron chi connectivity index (χ1n) is 6.80. The highest BCUT2D eigenvalue weighted by Gasteiger charge is 2.21. The van der Waals surface area contributed by atoms with Crippen LogP contribution in [0.1, 0.15) is 24.6 Å². The molecule has 1 aliphatic rings. The van der Waals surface area contributed by atoms with Crippen LogP contribution in [0.2, 0.25) is 0 Å². The van der Waals surface area contributed by atoms with Gasteiger partial charge in [-0.3, -0.25) is 4.68 Å². The molecule has 1 fully saturated rings. The van der Waals surface area contributed by atoms with Gasteiger partial charge in [0.15, 0.2) is 0 Å². The summed E-state index contributed by atoms with van der Waals surface area (Å²) in [6, 6.07) is 8.57. The average molecular weight is 336 g/mol. The van der Waals surface area contributed by atoms with E-state index in [4.69, 9.17) is 4.74 Å². The summed E-state index contributed by atoms with van der Waals surface area (Å²) in [6.45, 7) is 1.08. The number of hydrogen-bond donors (Lipinski definition) is 1. The molecule has 0 saturated carbocycles. The highest BCUT2D eigenvalue weighted by atomic mass is 79.9. The van der Waals surface area contributed by atoms with Gasteiger partial charge in [0, 0.05) is 17.1 Å². The van der Waals surface area contributed by atoms with Crippen molar-refractivity contribution in [3.8, 4) is 17.0 Å². The van der Waals surface area contributed by atoms with Crippen molar-refractivity contribution in [1.29, 1.82) is 0 Å². The molecule has 2 heterocycles. The monoisotopic (exact) mass is 335 g/mol. The Labute approximate surface area is 127 Å². The Balaban J connectivity index is 2.03. The molecule has 0 radical (unpaired) electrons. The lowest BCUT2D eigenvalue weighted by Gasteiger charge is -2.08. The summed E-state index contributed by atoms with van der Waals surface area (Å²) in [6.07, 6.45) is 2.38. The zero-order chi connectivity index (χ0) is 14.1. The van der Waals surface area contributed by atoms with Crippen molar-refractivity contribution in [2.24, 2.45) is 7.05 Å². The van der Waals surface area contributed by atoms with Gasteiger partial charge in [0.25, 0.3) is 0 Å². The van der Waals surface area contributed by atoms with Gasteiger partial charge in [0.05, 0.1) is 24.5 Å². The Hall–Kier alpha value is -1.33. The van der Waals surface area contributed by atoms with Crippen LogP contribution in [0.25, 0.3) is 11.3 Å². The number of ether oxygens (including phenoxy) is 1. The second-order valence-electron chi connectivity index (χ2n) is 5.07. The number of rotatable bonds is 3. The summed E-state index contributed by atoms with van der Waals surface area (Å²) in [5.74, 6) is 0.863. The van der Waals surface area contributed by atoms with Crippen LogP contribution in [0.3, 0.4) is 0 Å². The van der Waals surface area contributed by atoms with E-state index in [-0.39, 0.29) is 0 Å². The molecule has 1 aliphatic heterocycles. The molecule has 0 amide bonds. The third-order valence-electron chi connectivity index (χ3n) is 3.75. The van der Waals surface area contributed by atoms with Crippen LogP contribution >= 0.6 is 15.9 Å². The van der Waals surface area contributed by atoms with Gasteiger partial charge in [-0.1, -0.05) is 15.9 Å². The van der Waals surface area contributed by atoms with E-state index in [0.29, 0.717) is 6.04 Å². The van der Waals surface area contributed by atoms with Gasteiger partial charge in [0.1, 0.15) is 5.75 Å². The Morgan fingerprint density at radius 3 is 2.95 bits per heavy atom. The standard InChI is InChI=1S/C15H18BrN3O/c1-19-14(9-13(18-19)12-4-3-7-17-12)11-8-10(16)5-6-15(11)20-2/h5-6,8-9,12,17H,3-4,7H2,1-2H3. The maximum atomic E-state index is 5.47. The number of nitrogens with one attached hydrogen (secondary N) is 1. The predicted octanol–water partition coefficient (Wildman–Crippen LogP) is 3.28. The lowest BCUT2D eigenvalue weighted by atomic mass is 10.1. The van der Waals surface area contributed by atoms with Gasteiger partial charge in [-0.2, -0.15) is 5.10 Å². The third kappa shape index (κ3) is 2.47. The van der Waals surface area contributed by atoms with Crippen molar-refractivity contribution < 1.29 is 4.74 Å². The Kier molecular flexibility index (Phi) is 3.81. The quantitative estimate of drug-likeness (QED) is 0.935. The lowest BCUT2D eigenvalue weighted by Crippen LogP contribution is -2.13. The van der Waals surface area contributed by atoms with Gasteiger partial charge < -0.3 is 10.1 Å². The fourth-order valence-corrected chi connectivity index (χ4v) is 3.09. The fourth-order valence-electron chi connectivity index (χ4n) is 2.73. The summed E-state index contributed by atoms with van der Waals surface area (Å²) in [4.78, 5) is 0. The SMILES string of the molecule is COc1ccc(Br)cc1-c1cc(C2CCCN2)nn1C. The number of aromatic nitrogens is 2. The first kappa shape index (κ1) is 13.6. The van der Waals surface area contributed by atoms with E-state index in [9.17, 15) is 0 Å². The molecule has 1 atom stereocenters. The van der Waals surface area contributed by atoms with Gasteiger partial charge in [-0.15, -0.1) is 0 Å². The van der Waals surface area contributed by atoms with E-state index >= 15 is 0 Å². The maximum Gasteiger partial charge on any atom is 0.128 e. The van der Waals surface area contributed by atoms with E-state index in [2.05, 4.69) is 38.5 Å². The summed E-state index contributed by atoms with van der Waals surface area (Å²) in [5.41, 5.74) is 3.25. The molecule has 2 aromatic rings. The van der Waals surface area contributed by atoms with Crippen LogP contribution in [0.4, 0.5) is 0 Å². The van der Waals surface area contributed by atoms with Crippen LogP contribution in [-0.4, -0.2) is 23.4 Å². The number of aryl methyl sites for hydroxylation is 1. The minimum Gasteiger partial charge on any atom is -0.496 e. The van der Waals surface area contributed by atoms with Crippen LogP contribution in [0, 0.1) is 0 Å². The Bertz CT molecular complexity index is 618. The molecule has 1 N–H and O–H groups in total. The van der Waals surface area contributed by atoms with Crippen molar-refractivity contribution >= 4 is 15.9 Å². The van der Waals surface area contributed by atoms with Crippen molar-refractivity contribution in [1.82, 2.24) is 15.1 Å². The van der Waals surface area contributed by atoms with E-state index in [1.54, 1.807) is 7.11 Å². The largest absolute Gasteiger partial charge is 0.496 e. The molecule has 0 bridgehead atoms. The van der Waals surface area contributed by atoms with Crippen molar-refractivity contribution in [2.75, 3.05) is 13.7 Å². The minimum atomic E-state index is 0.382. The van der Waals surface area contributed by atoms with Gasteiger partial charge >= 0.3 is 0 Å². The highest BCUT2D eigenvalue weighted by Crippen LogP contribution is 2.34. The Morgan fingerprint density at radius 2 is 2.25 bits per heavy atom. The topological polar surface area (TPSA) is 39.1 Å². The van der Waals surface area contributed by atoms with E-state index in [1.807, 2.05) is 23.9 Å².